The standard InChI is InChI=1S/C31H34FN5O5SSi/c1-5-43(39,40)27-12-11-21(19-35-27)42-22-17-24(29(38)23-9-8-14-34-30(23)32)28-26(18-22)37(20-41-15-16-44(2,3)4)31(36-28)25-10-6-7-13-33-25/h6-14,17-19,29,38H,5,15-16,20H2,1-4H3. The van der Waals surface area contributed by atoms with Gasteiger partial charge in [-0.2, -0.15) is 4.39 Å². The zero-order valence-electron chi connectivity index (χ0n) is 24.9. The van der Waals surface area contributed by atoms with E-state index in [9.17, 15) is 17.9 Å². The molecule has 5 aromatic rings. The van der Waals surface area contributed by atoms with Crippen molar-refractivity contribution >= 4 is 28.9 Å². The van der Waals surface area contributed by atoms with E-state index in [-0.39, 0.29) is 34.4 Å². The van der Waals surface area contributed by atoms with E-state index in [1.807, 2.05) is 16.7 Å². The van der Waals surface area contributed by atoms with Gasteiger partial charge in [-0.05, 0) is 48.5 Å². The Bertz CT molecular complexity index is 1860. The lowest BCUT2D eigenvalue weighted by Gasteiger charge is -2.17. The third kappa shape index (κ3) is 7.02. The molecule has 0 spiro atoms. The second-order valence-electron chi connectivity index (χ2n) is 11.4. The number of aliphatic hydroxyl groups excluding tert-OH is 1. The summed E-state index contributed by atoms with van der Waals surface area (Å²) in [4.78, 5) is 17.1. The van der Waals surface area contributed by atoms with Crippen LogP contribution in [0, 0.1) is 5.95 Å². The molecular weight excluding hydrogens is 602 g/mol. The third-order valence-corrected chi connectivity index (χ3v) is 10.3. The highest BCUT2D eigenvalue weighted by Gasteiger charge is 2.25. The number of hydrogen-bond acceptors (Lipinski definition) is 9. The van der Waals surface area contributed by atoms with E-state index < -0.39 is 30.0 Å². The van der Waals surface area contributed by atoms with E-state index >= 15 is 0 Å². The molecule has 230 valence electrons. The highest BCUT2D eigenvalue weighted by Crippen LogP contribution is 2.37. The molecule has 44 heavy (non-hydrogen) atoms. The number of aliphatic hydroxyl groups is 1. The van der Waals surface area contributed by atoms with Crippen molar-refractivity contribution in [2.24, 2.45) is 0 Å². The van der Waals surface area contributed by atoms with Crippen LogP contribution in [0.2, 0.25) is 25.7 Å². The van der Waals surface area contributed by atoms with Gasteiger partial charge in [-0.1, -0.05) is 32.6 Å². The average Bonchev–Trinajstić information content (AvgIpc) is 3.37. The molecule has 0 aliphatic rings. The lowest BCUT2D eigenvalue weighted by Crippen LogP contribution is -2.22. The van der Waals surface area contributed by atoms with Crippen LogP contribution in [0.1, 0.15) is 24.2 Å². The maximum atomic E-state index is 14.8. The number of halogens is 1. The summed E-state index contributed by atoms with van der Waals surface area (Å²) in [5.41, 5.74) is 1.81. The lowest BCUT2D eigenvalue weighted by atomic mass is 10.0. The molecule has 0 aliphatic carbocycles. The lowest BCUT2D eigenvalue weighted by molar-refractivity contribution is 0.0909. The highest BCUT2D eigenvalue weighted by atomic mass is 32.2. The van der Waals surface area contributed by atoms with Crippen LogP contribution in [0.3, 0.4) is 0 Å². The molecule has 0 bridgehead atoms. The van der Waals surface area contributed by atoms with Crippen LogP contribution in [0.25, 0.3) is 22.6 Å². The second-order valence-corrected chi connectivity index (χ2v) is 19.3. The van der Waals surface area contributed by atoms with Crippen molar-refractivity contribution in [2.75, 3.05) is 12.4 Å². The van der Waals surface area contributed by atoms with Gasteiger partial charge in [-0.15, -0.1) is 0 Å². The number of benzene rings is 1. The summed E-state index contributed by atoms with van der Waals surface area (Å²) in [6.45, 7) is 9.08. The van der Waals surface area contributed by atoms with Crippen LogP contribution >= 0.6 is 0 Å². The molecule has 0 radical (unpaired) electrons. The van der Waals surface area contributed by atoms with Crippen molar-refractivity contribution in [3.8, 4) is 23.0 Å². The van der Waals surface area contributed by atoms with Gasteiger partial charge < -0.3 is 14.6 Å². The molecular formula is C31H34FN5O5SSi. The summed E-state index contributed by atoms with van der Waals surface area (Å²) in [6.07, 6.45) is 2.86. The Morgan fingerprint density at radius 1 is 0.977 bits per heavy atom. The van der Waals surface area contributed by atoms with Gasteiger partial charge in [0.2, 0.25) is 5.95 Å². The van der Waals surface area contributed by atoms with E-state index in [1.54, 1.807) is 37.4 Å². The summed E-state index contributed by atoms with van der Waals surface area (Å²) in [6, 6.07) is 15.6. The second kappa shape index (κ2) is 12.9. The van der Waals surface area contributed by atoms with Crippen LogP contribution in [-0.2, 0) is 21.3 Å². The van der Waals surface area contributed by atoms with Crippen molar-refractivity contribution < 1.29 is 27.4 Å². The van der Waals surface area contributed by atoms with Crippen molar-refractivity contribution in [2.45, 2.75) is 50.5 Å². The molecule has 1 atom stereocenters. The number of aromatic nitrogens is 5. The minimum Gasteiger partial charge on any atom is -0.456 e. The largest absolute Gasteiger partial charge is 0.456 e. The van der Waals surface area contributed by atoms with E-state index in [0.29, 0.717) is 34.9 Å². The molecule has 1 unspecified atom stereocenters. The molecule has 0 saturated carbocycles. The minimum atomic E-state index is -3.49. The fraction of sp³-hybridized carbons (Fsp3) is 0.290. The van der Waals surface area contributed by atoms with E-state index in [0.717, 1.165) is 6.04 Å². The minimum absolute atomic E-state index is 0.0259. The highest BCUT2D eigenvalue weighted by molar-refractivity contribution is 7.91. The number of imidazole rings is 1. The van der Waals surface area contributed by atoms with Gasteiger partial charge in [-0.25, -0.2) is 23.4 Å². The maximum Gasteiger partial charge on any atom is 0.219 e. The predicted molar refractivity (Wildman–Crippen MR) is 167 cm³/mol. The molecule has 4 heterocycles. The topological polar surface area (TPSA) is 129 Å². The molecule has 0 saturated heterocycles. The normalized spacial score (nSPS) is 12.9. The van der Waals surface area contributed by atoms with Gasteiger partial charge in [0.05, 0.1) is 23.0 Å². The molecule has 0 fully saturated rings. The molecule has 4 aromatic heterocycles. The number of nitrogens with zero attached hydrogens (tertiary/aromatic N) is 5. The van der Waals surface area contributed by atoms with Crippen LogP contribution in [-0.4, -0.2) is 58.5 Å². The van der Waals surface area contributed by atoms with Gasteiger partial charge >= 0.3 is 0 Å². The summed E-state index contributed by atoms with van der Waals surface area (Å²) in [5.74, 6) is 0.178. The van der Waals surface area contributed by atoms with Gasteiger partial charge in [0.1, 0.15) is 30.0 Å². The van der Waals surface area contributed by atoms with E-state index in [1.165, 1.54) is 30.6 Å². The summed E-state index contributed by atoms with van der Waals surface area (Å²) in [7, 11) is -4.84. The van der Waals surface area contributed by atoms with Gasteiger partial charge in [-0.3, -0.25) is 9.55 Å². The average molecular weight is 636 g/mol. The van der Waals surface area contributed by atoms with Crippen LogP contribution in [0.5, 0.6) is 11.5 Å². The molecule has 1 aromatic carbocycles. The maximum absolute atomic E-state index is 14.8. The van der Waals surface area contributed by atoms with Gasteiger partial charge in [0.25, 0.3) is 0 Å². The molecule has 1 N–H and O–H groups in total. The Balaban J connectivity index is 1.64. The Hall–Kier alpha value is -4.04. The van der Waals surface area contributed by atoms with Gasteiger partial charge in [0, 0.05) is 44.3 Å². The fourth-order valence-electron chi connectivity index (χ4n) is 4.51. The first-order valence-corrected chi connectivity index (χ1v) is 19.5. The monoisotopic (exact) mass is 635 g/mol. The zero-order chi connectivity index (χ0) is 31.5. The Labute approximate surface area is 256 Å². The first-order valence-electron chi connectivity index (χ1n) is 14.2. The number of fused-ring (bicyclic) bond motifs is 1. The predicted octanol–water partition coefficient (Wildman–Crippen LogP) is 6.01. The van der Waals surface area contributed by atoms with Gasteiger partial charge in [0.15, 0.2) is 20.7 Å². The first-order chi connectivity index (χ1) is 21.0. The van der Waals surface area contributed by atoms with Crippen LogP contribution in [0.4, 0.5) is 4.39 Å². The SMILES string of the molecule is CCS(=O)(=O)c1ccc(Oc2cc(C(O)c3cccnc3F)c3nc(-c4ccccn4)n(COCC[Si](C)(C)C)c3c2)cn1. The van der Waals surface area contributed by atoms with Crippen LogP contribution in [0.15, 0.2) is 78.2 Å². The molecule has 0 amide bonds. The van der Waals surface area contributed by atoms with Crippen molar-refractivity contribution in [3.63, 3.8) is 0 Å². The third-order valence-electron chi connectivity index (χ3n) is 6.99. The van der Waals surface area contributed by atoms with Crippen molar-refractivity contribution in [3.05, 3.63) is 90.3 Å². The van der Waals surface area contributed by atoms with Crippen molar-refractivity contribution in [1.29, 1.82) is 0 Å². The Morgan fingerprint density at radius 3 is 2.43 bits per heavy atom. The van der Waals surface area contributed by atoms with E-state index in [2.05, 4.69) is 34.6 Å². The quantitative estimate of drug-likeness (QED) is 0.0996. The summed E-state index contributed by atoms with van der Waals surface area (Å²) < 4.78 is 53.3. The first kappa shape index (κ1) is 31.4. The Morgan fingerprint density at radius 2 is 1.77 bits per heavy atom. The smallest absolute Gasteiger partial charge is 0.219 e. The number of pyridine rings is 3. The molecule has 5 rings (SSSR count). The molecule has 10 nitrogen and oxygen atoms in total. The van der Waals surface area contributed by atoms with Crippen LogP contribution < -0.4 is 4.74 Å². The molecule has 13 heteroatoms. The van der Waals surface area contributed by atoms with E-state index in [4.69, 9.17) is 14.5 Å². The summed E-state index contributed by atoms with van der Waals surface area (Å²) >= 11 is 0. The fourth-order valence-corrected chi connectivity index (χ4v) is 6.05. The zero-order valence-corrected chi connectivity index (χ0v) is 26.8. The Kier molecular flexibility index (Phi) is 9.20. The number of sulfone groups is 1. The number of rotatable bonds is 12. The number of ether oxygens (including phenoxy) is 2. The van der Waals surface area contributed by atoms with Crippen molar-refractivity contribution in [1.82, 2.24) is 24.5 Å². The number of hydrogen-bond donors (Lipinski definition) is 1. The summed E-state index contributed by atoms with van der Waals surface area (Å²) in [5, 5.41) is 11.4. The molecule has 0 aliphatic heterocycles.